The maximum absolute atomic E-state index is 13.4. The lowest BCUT2D eigenvalue weighted by Crippen LogP contribution is -2.23. The van der Waals surface area contributed by atoms with Crippen LogP contribution < -0.4 is 10.9 Å². The molecule has 8 heteroatoms. The molecule has 0 aliphatic rings. The first kappa shape index (κ1) is 22.0. The highest BCUT2D eigenvalue weighted by Crippen LogP contribution is 2.26. The van der Waals surface area contributed by atoms with Gasteiger partial charge in [-0.15, -0.1) is 0 Å². The van der Waals surface area contributed by atoms with Gasteiger partial charge in [0.05, 0.1) is 33.1 Å². The van der Waals surface area contributed by atoms with Crippen molar-refractivity contribution in [2.75, 3.05) is 11.1 Å². The average Bonchev–Trinajstić information content (AvgIpc) is 2.76. The highest BCUT2D eigenvalue weighted by atomic mass is 35.5. The van der Waals surface area contributed by atoms with Gasteiger partial charge in [0, 0.05) is 0 Å². The molecule has 4 aromatic rings. The summed E-state index contributed by atoms with van der Waals surface area (Å²) in [5.74, 6) is -0.845. The Hall–Kier alpha value is -3.16. The maximum Gasteiger partial charge on any atom is 0.266 e. The Bertz CT molecular complexity index is 1400. The van der Waals surface area contributed by atoms with Crippen LogP contribution in [0.15, 0.2) is 70.6 Å². The van der Waals surface area contributed by atoms with E-state index in [0.29, 0.717) is 21.7 Å². The predicted octanol–water partition coefficient (Wildman–Crippen LogP) is 5.53. The van der Waals surface area contributed by atoms with Crippen LogP contribution in [0.5, 0.6) is 0 Å². The van der Waals surface area contributed by atoms with Gasteiger partial charge < -0.3 is 5.32 Å². The van der Waals surface area contributed by atoms with Crippen molar-refractivity contribution < 1.29 is 9.18 Å². The number of rotatable bonds is 5. The molecule has 0 unspecified atom stereocenters. The van der Waals surface area contributed by atoms with Crippen LogP contribution in [0.2, 0.25) is 5.02 Å². The summed E-state index contributed by atoms with van der Waals surface area (Å²) in [7, 11) is 0. The molecule has 32 heavy (non-hydrogen) atoms. The highest BCUT2D eigenvalue weighted by Gasteiger charge is 2.17. The molecule has 1 aromatic heterocycles. The molecule has 0 radical (unpaired) electrons. The molecule has 0 spiro atoms. The summed E-state index contributed by atoms with van der Waals surface area (Å²) in [6, 6.07) is 16.7. The number of hydrogen-bond donors (Lipinski definition) is 1. The molecule has 0 aliphatic carbocycles. The Labute approximate surface area is 193 Å². The second-order valence-corrected chi connectivity index (χ2v) is 8.65. The number of aromatic nitrogens is 2. The van der Waals surface area contributed by atoms with Gasteiger partial charge >= 0.3 is 0 Å². The summed E-state index contributed by atoms with van der Waals surface area (Å²) >= 11 is 7.14. The monoisotopic (exact) mass is 467 g/mol. The summed E-state index contributed by atoms with van der Waals surface area (Å²) in [4.78, 5) is 30.6. The van der Waals surface area contributed by atoms with Crippen LogP contribution in [0.4, 0.5) is 10.1 Å². The second-order valence-electron chi connectivity index (χ2n) is 7.30. The molecular formula is C24H19ClFN3O2S. The number of halogens is 2. The fraction of sp³-hybridized carbons (Fsp3) is 0.125. The number of aryl methyl sites for hydroxylation is 2. The number of hydrogen-bond acceptors (Lipinski definition) is 4. The molecule has 1 amide bonds. The van der Waals surface area contributed by atoms with Crippen molar-refractivity contribution in [1.29, 1.82) is 0 Å². The van der Waals surface area contributed by atoms with Crippen molar-refractivity contribution in [2.24, 2.45) is 0 Å². The normalized spacial score (nSPS) is 11.0. The lowest BCUT2D eigenvalue weighted by molar-refractivity contribution is -0.113. The number of amides is 1. The molecule has 1 heterocycles. The summed E-state index contributed by atoms with van der Waals surface area (Å²) in [6.45, 7) is 3.88. The zero-order valence-corrected chi connectivity index (χ0v) is 18.9. The van der Waals surface area contributed by atoms with Crippen LogP contribution in [-0.4, -0.2) is 21.2 Å². The third-order valence-electron chi connectivity index (χ3n) is 4.89. The van der Waals surface area contributed by atoms with E-state index in [0.717, 1.165) is 34.6 Å². The van der Waals surface area contributed by atoms with Crippen LogP contribution in [0.1, 0.15) is 11.1 Å². The maximum atomic E-state index is 13.4. The third kappa shape index (κ3) is 4.54. The number of para-hydroxylation sites is 1. The smallest absolute Gasteiger partial charge is 0.266 e. The third-order valence-corrected chi connectivity index (χ3v) is 6.14. The minimum atomic E-state index is -0.486. The highest BCUT2D eigenvalue weighted by molar-refractivity contribution is 7.99. The molecule has 4 rings (SSSR count). The number of thioether (sulfide) groups is 1. The number of carbonyl (C=O) groups excluding carboxylic acids is 1. The van der Waals surface area contributed by atoms with E-state index in [-0.39, 0.29) is 22.2 Å². The van der Waals surface area contributed by atoms with Gasteiger partial charge in [-0.05, 0) is 61.4 Å². The average molecular weight is 468 g/mol. The molecule has 1 N–H and O–H groups in total. The number of nitrogens with one attached hydrogen (secondary N) is 1. The van der Waals surface area contributed by atoms with Crippen LogP contribution in [0, 0.1) is 19.7 Å². The second kappa shape index (κ2) is 9.14. The van der Waals surface area contributed by atoms with Crippen LogP contribution >= 0.6 is 23.4 Å². The summed E-state index contributed by atoms with van der Waals surface area (Å²) in [5.41, 5.74) is 3.32. The van der Waals surface area contributed by atoms with E-state index in [9.17, 15) is 14.0 Å². The van der Waals surface area contributed by atoms with Crippen molar-refractivity contribution >= 4 is 45.9 Å². The molecule has 0 saturated heterocycles. The Morgan fingerprint density at radius 1 is 1.12 bits per heavy atom. The topological polar surface area (TPSA) is 64.0 Å². The quantitative estimate of drug-likeness (QED) is 0.310. The van der Waals surface area contributed by atoms with Gasteiger partial charge in [-0.25, -0.2) is 9.37 Å². The molecule has 0 fully saturated rings. The van der Waals surface area contributed by atoms with Gasteiger partial charge in [-0.2, -0.15) is 0 Å². The van der Waals surface area contributed by atoms with Crippen LogP contribution in [0.3, 0.4) is 0 Å². The van der Waals surface area contributed by atoms with Crippen molar-refractivity contribution in [3.05, 3.63) is 93.0 Å². The Morgan fingerprint density at radius 3 is 2.69 bits per heavy atom. The fourth-order valence-electron chi connectivity index (χ4n) is 3.29. The molecule has 5 nitrogen and oxygen atoms in total. The zero-order chi connectivity index (χ0) is 22.8. The molecule has 0 atom stereocenters. The minimum Gasteiger partial charge on any atom is -0.324 e. The zero-order valence-electron chi connectivity index (χ0n) is 17.4. The number of benzene rings is 3. The van der Waals surface area contributed by atoms with Gasteiger partial charge in [0.25, 0.3) is 5.56 Å². The Balaban J connectivity index is 1.70. The first-order chi connectivity index (χ1) is 15.3. The molecular weight excluding hydrogens is 449 g/mol. The van der Waals surface area contributed by atoms with Crippen molar-refractivity contribution in [2.45, 2.75) is 19.0 Å². The first-order valence-electron chi connectivity index (χ1n) is 9.80. The number of anilines is 1. The fourth-order valence-corrected chi connectivity index (χ4v) is 4.31. The molecule has 0 saturated carbocycles. The van der Waals surface area contributed by atoms with E-state index in [1.165, 1.54) is 12.1 Å². The molecule has 0 aliphatic heterocycles. The van der Waals surface area contributed by atoms with E-state index in [4.69, 9.17) is 11.6 Å². The SMILES string of the molecule is Cc1ccc(C)c(-n2c(SCC(=O)Nc3ccc(F)cc3Cl)nc3ccccc3c2=O)c1. The molecule has 3 aromatic carbocycles. The van der Waals surface area contributed by atoms with Crippen LogP contribution in [0.25, 0.3) is 16.6 Å². The molecule has 0 bridgehead atoms. The Morgan fingerprint density at radius 2 is 1.91 bits per heavy atom. The van der Waals surface area contributed by atoms with Crippen LogP contribution in [-0.2, 0) is 4.79 Å². The summed E-state index contributed by atoms with van der Waals surface area (Å²) in [6.07, 6.45) is 0. The van der Waals surface area contributed by atoms with E-state index in [1.54, 1.807) is 22.8 Å². The largest absolute Gasteiger partial charge is 0.324 e. The van der Waals surface area contributed by atoms with Gasteiger partial charge in [-0.3, -0.25) is 14.2 Å². The van der Waals surface area contributed by atoms with E-state index >= 15 is 0 Å². The van der Waals surface area contributed by atoms with E-state index < -0.39 is 5.82 Å². The first-order valence-corrected chi connectivity index (χ1v) is 11.2. The van der Waals surface area contributed by atoms with Crippen molar-refractivity contribution in [3.63, 3.8) is 0 Å². The lowest BCUT2D eigenvalue weighted by atomic mass is 10.1. The van der Waals surface area contributed by atoms with Crippen molar-refractivity contribution in [1.82, 2.24) is 9.55 Å². The number of fused-ring (bicyclic) bond motifs is 1. The Kier molecular flexibility index (Phi) is 6.30. The number of carbonyl (C=O) groups is 1. The van der Waals surface area contributed by atoms with E-state index in [1.807, 2.05) is 38.1 Å². The molecule has 162 valence electrons. The van der Waals surface area contributed by atoms with Gasteiger partial charge in [0.15, 0.2) is 5.16 Å². The standard InChI is InChI=1S/C24H19ClFN3O2S/c1-14-7-8-15(2)21(11-14)29-23(31)17-5-3-4-6-19(17)28-24(29)32-13-22(30)27-20-10-9-16(26)12-18(20)25/h3-12H,13H2,1-2H3,(H,27,30). The lowest BCUT2D eigenvalue weighted by Gasteiger charge is -2.16. The van der Waals surface area contributed by atoms with E-state index in [2.05, 4.69) is 10.3 Å². The summed E-state index contributed by atoms with van der Waals surface area (Å²) < 4.78 is 14.8. The van der Waals surface area contributed by atoms with Crippen molar-refractivity contribution in [3.8, 4) is 5.69 Å². The summed E-state index contributed by atoms with van der Waals surface area (Å²) in [5, 5.41) is 3.68. The predicted molar refractivity (Wildman–Crippen MR) is 128 cm³/mol. The van der Waals surface area contributed by atoms with Gasteiger partial charge in [-0.1, -0.05) is 47.6 Å². The minimum absolute atomic E-state index is 0.0106. The number of nitrogens with zero attached hydrogens (tertiary/aromatic N) is 2. The van der Waals surface area contributed by atoms with Gasteiger partial charge in [0.1, 0.15) is 5.82 Å². The van der Waals surface area contributed by atoms with Gasteiger partial charge in [0.2, 0.25) is 5.91 Å².